The number of carbonyl (C=O) groups excluding carboxylic acids is 1. The van der Waals surface area contributed by atoms with Crippen LogP contribution in [0.25, 0.3) is 0 Å². The van der Waals surface area contributed by atoms with Gasteiger partial charge in [0.1, 0.15) is 11.5 Å². The highest BCUT2D eigenvalue weighted by atomic mass is 16.5. The molecule has 0 spiro atoms. The Morgan fingerprint density at radius 3 is 2.47 bits per heavy atom. The number of carbonyl (C=O) groups is 1. The minimum absolute atomic E-state index is 0.0243. The maximum Gasteiger partial charge on any atom is 0.163 e. The van der Waals surface area contributed by atoms with Crippen molar-refractivity contribution < 1.29 is 14.6 Å². The molecule has 0 heterocycles. The maximum atomic E-state index is 11.2. The molecule has 1 N–H and O–H groups in total. The van der Waals surface area contributed by atoms with Gasteiger partial charge in [0.05, 0.1) is 11.7 Å². The predicted octanol–water partition coefficient (Wildman–Crippen LogP) is 2.69. The Morgan fingerprint density at radius 1 is 1.40 bits per heavy atom. The molecule has 0 aliphatic carbocycles. The van der Waals surface area contributed by atoms with Crippen LogP contribution in [0.1, 0.15) is 36.7 Å². The number of phenolic OH excluding ortho intramolecular Hbond substituents is 1. The SMILES string of the molecule is CC(=O)c1cc(C)c(OC(C)C)cc1O. The molecule has 0 amide bonds. The fourth-order valence-electron chi connectivity index (χ4n) is 1.34. The van der Waals surface area contributed by atoms with E-state index < -0.39 is 0 Å². The quantitative estimate of drug-likeness (QED) is 0.777. The first-order chi connectivity index (χ1) is 6.91. The summed E-state index contributed by atoms with van der Waals surface area (Å²) in [6, 6.07) is 3.14. The Hall–Kier alpha value is -1.51. The summed E-state index contributed by atoms with van der Waals surface area (Å²) in [5.41, 5.74) is 1.19. The van der Waals surface area contributed by atoms with Gasteiger partial charge in [-0.15, -0.1) is 0 Å². The maximum absolute atomic E-state index is 11.2. The third kappa shape index (κ3) is 2.72. The molecule has 0 saturated carbocycles. The molecule has 0 aliphatic heterocycles. The summed E-state index contributed by atoms with van der Waals surface area (Å²) in [7, 11) is 0. The number of benzene rings is 1. The second-order valence-corrected chi connectivity index (χ2v) is 3.86. The minimum atomic E-state index is -0.147. The molecule has 0 atom stereocenters. The van der Waals surface area contributed by atoms with Gasteiger partial charge in [0.25, 0.3) is 0 Å². The van der Waals surface area contributed by atoms with Gasteiger partial charge in [0.15, 0.2) is 5.78 Å². The highest BCUT2D eigenvalue weighted by Crippen LogP contribution is 2.28. The van der Waals surface area contributed by atoms with Gasteiger partial charge in [-0.25, -0.2) is 0 Å². The Bertz CT molecular complexity index is 381. The highest BCUT2D eigenvalue weighted by molar-refractivity contribution is 5.97. The van der Waals surface area contributed by atoms with Crippen molar-refractivity contribution in [2.75, 3.05) is 0 Å². The van der Waals surface area contributed by atoms with E-state index in [0.717, 1.165) is 5.56 Å². The number of hydrogen-bond acceptors (Lipinski definition) is 3. The molecule has 0 bridgehead atoms. The zero-order chi connectivity index (χ0) is 11.6. The van der Waals surface area contributed by atoms with Crippen LogP contribution < -0.4 is 4.74 Å². The average molecular weight is 208 g/mol. The van der Waals surface area contributed by atoms with E-state index in [9.17, 15) is 9.90 Å². The van der Waals surface area contributed by atoms with Crippen LogP contribution in [-0.2, 0) is 0 Å². The predicted molar refractivity (Wildman–Crippen MR) is 58.6 cm³/mol. The third-order valence-electron chi connectivity index (χ3n) is 2.04. The molecule has 82 valence electrons. The van der Waals surface area contributed by atoms with Crippen LogP contribution in [0.3, 0.4) is 0 Å². The molecule has 0 radical (unpaired) electrons. The molecule has 0 fully saturated rings. The summed E-state index contributed by atoms with van der Waals surface area (Å²) in [4.78, 5) is 11.2. The molecule has 0 aromatic heterocycles. The fraction of sp³-hybridized carbons (Fsp3) is 0.417. The average Bonchev–Trinajstić information content (AvgIpc) is 2.09. The summed E-state index contributed by atoms with van der Waals surface area (Å²) in [5, 5.41) is 9.60. The van der Waals surface area contributed by atoms with E-state index in [4.69, 9.17) is 4.74 Å². The highest BCUT2D eigenvalue weighted by Gasteiger charge is 2.11. The zero-order valence-corrected chi connectivity index (χ0v) is 9.50. The van der Waals surface area contributed by atoms with Crippen LogP contribution >= 0.6 is 0 Å². The lowest BCUT2D eigenvalue weighted by molar-refractivity contribution is 0.101. The molecule has 0 unspecified atom stereocenters. The standard InChI is InChI=1S/C12H16O3/c1-7(2)15-12-6-11(14)10(9(4)13)5-8(12)3/h5-7,14H,1-4H3. The van der Waals surface area contributed by atoms with E-state index in [1.165, 1.54) is 13.0 Å². The lowest BCUT2D eigenvalue weighted by Crippen LogP contribution is -2.07. The first-order valence-electron chi connectivity index (χ1n) is 4.93. The Morgan fingerprint density at radius 2 is 2.00 bits per heavy atom. The van der Waals surface area contributed by atoms with Crippen molar-refractivity contribution in [1.82, 2.24) is 0 Å². The van der Waals surface area contributed by atoms with E-state index >= 15 is 0 Å². The van der Waals surface area contributed by atoms with Gasteiger partial charge in [-0.1, -0.05) is 0 Å². The van der Waals surface area contributed by atoms with Gasteiger partial charge in [-0.2, -0.15) is 0 Å². The fourth-order valence-corrected chi connectivity index (χ4v) is 1.34. The van der Waals surface area contributed by atoms with Crippen molar-refractivity contribution in [3.8, 4) is 11.5 Å². The number of aryl methyl sites for hydroxylation is 1. The summed E-state index contributed by atoms with van der Waals surface area (Å²) < 4.78 is 5.49. The van der Waals surface area contributed by atoms with Gasteiger partial charge in [-0.05, 0) is 39.3 Å². The van der Waals surface area contributed by atoms with E-state index in [0.29, 0.717) is 11.3 Å². The van der Waals surface area contributed by atoms with Gasteiger partial charge in [0.2, 0.25) is 0 Å². The van der Waals surface area contributed by atoms with Crippen LogP contribution in [0.4, 0.5) is 0 Å². The monoisotopic (exact) mass is 208 g/mol. The second-order valence-electron chi connectivity index (χ2n) is 3.86. The lowest BCUT2D eigenvalue weighted by Gasteiger charge is -2.13. The molecule has 0 aliphatic rings. The van der Waals surface area contributed by atoms with E-state index in [2.05, 4.69) is 0 Å². The topological polar surface area (TPSA) is 46.5 Å². The van der Waals surface area contributed by atoms with Crippen molar-refractivity contribution in [3.05, 3.63) is 23.3 Å². The lowest BCUT2D eigenvalue weighted by atomic mass is 10.1. The van der Waals surface area contributed by atoms with Gasteiger partial charge in [-0.3, -0.25) is 4.79 Å². The van der Waals surface area contributed by atoms with Crippen molar-refractivity contribution in [2.45, 2.75) is 33.8 Å². The molecule has 0 saturated heterocycles. The number of Topliss-reactive ketones (excluding diaryl/α,β-unsaturated/α-hetero) is 1. The summed E-state index contributed by atoms with van der Waals surface area (Å²) in [6.45, 7) is 7.10. The molecule has 3 heteroatoms. The molecular formula is C12H16O3. The van der Waals surface area contributed by atoms with Crippen molar-refractivity contribution in [1.29, 1.82) is 0 Å². The Kier molecular flexibility index (Phi) is 3.35. The van der Waals surface area contributed by atoms with Crippen LogP contribution in [0, 0.1) is 6.92 Å². The van der Waals surface area contributed by atoms with Gasteiger partial charge >= 0.3 is 0 Å². The van der Waals surface area contributed by atoms with Crippen molar-refractivity contribution in [2.24, 2.45) is 0 Å². The van der Waals surface area contributed by atoms with E-state index in [1.54, 1.807) is 6.07 Å². The number of phenols is 1. The molecular weight excluding hydrogens is 192 g/mol. The van der Waals surface area contributed by atoms with Crippen LogP contribution in [0.2, 0.25) is 0 Å². The molecule has 1 aromatic carbocycles. The molecule has 1 aromatic rings. The van der Waals surface area contributed by atoms with E-state index in [-0.39, 0.29) is 17.6 Å². The van der Waals surface area contributed by atoms with E-state index in [1.807, 2.05) is 20.8 Å². The zero-order valence-electron chi connectivity index (χ0n) is 9.50. The molecule has 15 heavy (non-hydrogen) atoms. The second kappa shape index (κ2) is 4.34. The normalized spacial score (nSPS) is 10.5. The summed E-state index contributed by atoms with van der Waals surface area (Å²) in [5.74, 6) is 0.447. The van der Waals surface area contributed by atoms with Gasteiger partial charge < -0.3 is 9.84 Å². The Labute approximate surface area is 89.7 Å². The van der Waals surface area contributed by atoms with Crippen LogP contribution in [0.15, 0.2) is 12.1 Å². The number of ketones is 1. The smallest absolute Gasteiger partial charge is 0.163 e. The number of aromatic hydroxyl groups is 1. The van der Waals surface area contributed by atoms with Crippen molar-refractivity contribution in [3.63, 3.8) is 0 Å². The van der Waals surface area contributed by atoms with Crippen molar-refractivity contribution >= 4 is 5.78 Å². The largest absolute Gasteiger partial charge is 0.507 e. The minimum Gasteiger partial charge on any atom is -0.507 e. The first kappa shape index (κ1) is 11.6. The Balaban J connectivity index is 3.13. The summed E-state index contributed by atoms with van der Waals surface area (Å²) >= 11 is 0. The molecule has 3 nitrogen and oxygen atoms in total. The number of hydrogen-bond donors (Lipinski definition) is 1. The van der Waals surface area contributed by atoms with Crippen LogP contribution in [-0.4, -0.2) is 17.0 Å². The number of rotatable bonds is 3. The molecule has 1 rings (SSSR count). The third-order valence-corrected chi connectivity index (χ3v) is 2.04. The first-order valence-corrected chi connectivity index (χ1v) is 4.93. The van der Waals surface area contributed by atoms with Gasteiger partial charge in [0, 0.05) is 6.07 Å². The summed E-state index contributed by atoms with van der Waals surface area (Å²) in [6.07, 6.45) is 0.0475. The van der Waals surface area contributed by atoms with Crippen LogP contribution in [0.5, 0.6) is 11.5 Å². The number of ether oxygens (including phenoxy) is 1.